The molecule has 3 aliphatic carbocycles. The fourth-order valence-electron chi connectivity index (χ4n) is 12.4. The lowest BCUT2D eigenvalue weighted by Gasteiger charge is -2.35. The third-order valence-electron chi connectivity index (χ3n) is 15.8. The van der Waals surface area contributed by atoms with Gasteiger partial charge in [-0.2, -0.15) is 0 Å². The van der Waals surface area contributed by atoms with Gasteiger partial charge in [0.25, 0.3) is 0 Å². The second-order valence-electron chi connectivity index (χ2n) is 20.1. The normalized spacial score (nSPS) is 16.2. The minimum Gasteiger partial charge on any atom is -0.310 e. The number of hydrogen-bond donors (Lipinski definition) is 0. The minimum atomic E-state index is -0.577. The molecule has 324 valence electrons. The van der Waals surface area contributed by atoms with Gasteiger partial charge in [0.05, 0.1) is 5.41 Å². The van der Waals surface area contributed by atoms with Crippen LogP contribution in [0.3, 0.4) is 0 Å². The van der Waals surface area contributed by atoms with Crippen molar-refractivity contribution in [3.8, 4) is 55.6 Å². The van der Waals surface area contributed by atoms with Crippen molar-refractivity contribution in [2.75, 3.05) is 4.90 Å². The summed E-state index contributed by atoms with van der Waals surface area (Å²) in [6.07, 6.45) is 0. The Bertz CT molecular complexity index is 3610. The van der Waals surface area contributed by atoms with Gasteiger partial charge in [-0.15, -0.1) is 0 Å². The zero-order chi connectivity index (χ0) is 45.8. The summed E-state index contributed by atoms with van der Waals surface area (Å²) in [7, 11) is 0. The van der Waals surface area contributed by atoms with Crippen LogP contribution in [0.2, 0.25) is 0 Å². The van der Waals surface area contributed by atoms with Crippen molar-refractivity contribution in [1.29, 1.82) is 0 Å². The molecule has 13 rings (SSSR count). The van der Waals surface area contributed by atoms with Crippen LogP contribution in [-0.2, 0) is 16.2 Å². The number of hydrogen-bond acceptors (Lipinski definition) is 1. The van der Waals surface area contributed by atoms with Crippen LogP contribution in [0.4, 0.5) is 17.1 Å². The van der Waals surface area contributed by atoms with E-state index in [0.717, 1.165) is 17.1 Å². The SMILES string of the molecule is CC1(C)c2ccccc2-c2ccc(-c3ccc(N(c4ccc5c(c4)C(C)(C)c4ccccc4-5)c4ccc5c(c4)C(c4ccccc4)(c4cccc(-c6ccccc6)c4)c4ccccc4-5)cc3)cc21. The molecular weight excluding hydrogens is 819 g/mol. The summed E-state index contributed by atoms with van der Waals surface area (Å²) < 4.78 is 0. The van der Waals surface area contributed by atoms with Crippen molar-refractivity contribution < 1.29 is 0 Å². The van der Waals surface area contributed by atoms with E-state index in [2.05, 4.69) is 269 Å². The van der Waals surface area contributed by atoms with Gasteiger partial charge >= 0.3 is 0 Å². The number of rotatable bonds is 7. The van der Waals surface area contributed by atoms with Gasteiger partial charge in [-0.05, 0) is 149 Å². The molecule has 68 heavy (non-hydrogen) atoms. The molecule has 0 amide bonds. The van der Waals surface area contributed by atoms with Gasteiger partial charge in [-0.3, -0.25) is 0 Å². The van der Waals surface area contributed by atoms with Crippen molar-refractivity contribution >= 4 is 17.1 Å². The van der Waals surface area contributed by atoms with Gasteiger partial charge in [0.1, 0.15) is 0 Å². The highest BCUT2D eigenvalue weighted by Gasteiger charge is 2.47. The number of fused-ring (bicyclic) bond motifs is 9. The van der Waals surface area contributed by atoms with Gasteiger partial charge in [-0.1, -0.05) is 216 Å². The Morgan fingerprint density at radius 3 is 1.28 bits per heavy atom. The van der Waals surface area contributed by atoms with Crippen LogP contribution >= 0.6 is 0 Å². The predicted molar refractivity (Wildman–Crippen MR) is 284 cm³/mol. The van der Waals surface area contributed by atoms with E-state index in [1.165, 1.54) is 100 Å². The van der Waals surface area contributed by atoms with Crippen molar-refractivity contribution in [2.45, 2.75) is 43.9 Å². The van der Waals surface area contributed by atoms with Crippen molar-refractivity contribution in [3.63, 3.8) is 0 Å². The van der Waals surface area contributed by atoms with Crippen molar-refractivity contribution in [2.24, 2.45) is 0 Å². The van der Waals surface area contributed by atoms with E-state index < -0.39 is 5.41 Å². The summed E-state index contributed by atoms with van der Waals surface area (Å²) in [4.78, 5) is 2.49. The molecule has 10 aromatic rings. The average Bonchev–Trinajstić information content (AvgIpc) is 3.91. The smallest absolute Gasteiger partial charge is 0.0714 e. The van der Waals surface area contributed by atoms with Crippen LogP contribution in [0, 0.1) is 0 Å². The molecule has 0 heterocycles. The van der Waals surface area contributed by atoms with E-state index in [1.54, 1.807) is 0 Å². The molecule has 0 saturated heterocycles. The third-order valence-corrected chi connectivity index (χ3v) is 15.8. The summed E-state index contributed by atoms with van der Waals surface area (Å²) in [5.74, 6) is 0. The highest BCUT2D eigenvalue weighted by molar-refractivity contribution is 5.92. The molecule has 0 bridgehead atoms. The average molecular weight is 870 g/mol. The number of anilines is 3. The molecule has 1 unspecified atom stereocenters. The van der Waals surface area contributed by atoms with Crippen molar-refractivity contribution in [1.82, 2.24) is 0 Å². The molecule has 10 aromatic carbocycles. The first kappa shape index (κ1) is 40.3. The number of benzene rings is 10. The third kappa shape index (κ3) is 5.82. The van der Waals surface area contributed by atoms with E-state index in [1.807, 2.05) is 0 Å². The lowest BCUT2D eigenvalue weighted by atomic mass is 9.67. The monoisotopic (exact) mass is 869 g/mol. The minimum absolute atomic E-state index is 0.0647. The molecule has 0 N–H and O–H groups in total. The highest BCUT2D eigenvalue weighted by Crippen LogP contribution is 2.58. The molecular formula is C67H51N. The Kier molecular flexibility index (Phi) is 8.89. The van der Waals surface area contributed by atoms with Crippen LogP contribution in [0.1, 0.15) is 72.2 Å². The summed E-state index contributed by atoms with van der Waals surface area (Å²) in [5.41, 5.74) is 25.9. The largest absolute Gasteiger partial charge is 0.310 e. The molecule has 0 fully saturated rings. The summed E-state index contributed by atoms with van der Waals surface area (Å²) in [6.45, 7) is 9.48. The van der Waals surface area contributed by atoms with E-state index >= 15 is 0 Å². The Morgan fingerprint density at radius 2 is 0.647 bits per heavy atom. The van der Waals surface area contributed by atoms with Crippen molar-refractivity contribution in [3.05, 3.63) is 281 Å². The topological polar surface area (TPSA) is 3.24 Å². The second kappa shape index (κ2) is 15.0. The zero-order valence-corrected chi connectivity index (χ0v) is 39.0. The molecule has 0 spiro atoms. The van der Waals surface area contributed by atoms with Gasteiger partial charge in [0.15, 0.2) is 0 Å². The van der Waals surface area contributed by atoms with Gasteiger partial charge in [0.2, 0.25) is 0 Å². The fourth-order valence-corrected chi connectivity index (χ4v) is 12.4. The summed E-state index contributed by atoms with van der Waals surface area (Å²) in [5, 5.41) is 0. The fraction of sp³-hybridized carbons (Fsp3) is 0.104. The predicted octanol–water partition coefficient (Wildman–Crippen LogP) is 17.5. The molecule has 1 nitrogen and oxygen atoms in total. The second-order valence-corrected chi connectivity index (χ2v) is 20.1. The first-order valence-electron chi connectivity index (χ1n) is 24.1. The zero-order valence-electron chi connectivity index (χ0n) is 39.0. The first-order chi connectivity index (χ1) is 33.2. The van der Waals surface area contributed by atoms with Crippen LogP contribution < -0.4 is 4.90 Å². The molecule has 0 aromatic heterocycles. The van der Waals surface area contributed by atoms with Crippen LogP contribution in [0.5, 0.6) is 0 Å². The van der Waals surface area contributed by atoms with Crippen LogP contribution in [0.15, 0.2) is 237 Å². The molecule has 0 aliphatic heterocycles. The van der Waals surface area contributed by atoms with Gasteiger partial charge in [0, 0.05) is 27.9 Å². The van der Waals surface area contributed by atoms with E-state index in [4.69, 9.17) is 0 Å². The molecule has 1 heteroatoms. The maximum Gasteiger partial charge on any atom is 0.0714 e. The number of nitrogens with zero attached hydrogens (tertiary/aromatic N) is 1. The standard InChI is InChI=1S/C67H51N/c1-65(2)59-27-14-11-24-53(59)56-37-32-47(41-62(56)65)45-30-33-50(34-31-45)68(51-35-38-57-54-25-12-15-28-60(54)66(3,4)63(57)42-51)52-36-39-58-55-26-13-16-29-61(55)67(64(58)43-52,48-21-9-6-10-22-48)49-23-17-20-46(40-49)44-18-7-5-8-19-44/h5-43H,1-4H3. The van der Waals surface area contributed by atoms with Crippen LogP contribution in [0.25, 0.3) is 55.6 Å². The first-order valence-corrected chi connectivity index (χ1v) is 24.1. The maximum atomic E-state index is 2.50. The van der Waals surface area contributed by atoms with Gasteiger partial charge in [-0.25, -0.2) is 0 Å². The Labute approximate surface area is 400 Å². The van der Waals surface area contributed by atoms with E-state index in [9.17, 15) is 0 Å². The Balaban J connectivity index is 1.01. The summed E-state index contributed by atoms with van der Waals surface area (Å²) >= 11 is 0. The lowest BCUT2D eigenvalue weighted by Crippen LogP contribution is -2.29. The lowest BCUT2D eigenvalue weighted by molar-refractivity contribution is 0.660. The van der Waals surface area contributed by atoms with Crippen LogP contribution in [-0.4, -0.2) is 0 Å². The Hall–Kier alpha value is -8.00. The summed E-state index contributed by atoms with van der Waals surface area (Å²) in [6, 6.07) is 88.8. The molecule has 3 aliphatic rings. The van der Waals surface area contributed by atoms with Gasteiger partial charge < -0.3 is 4.90 Å². The highest BCUT2D eigenvalue weighted by atomic mass is 15.1. The Morgan fingerprint density at radius 1 is 0.250 bits per heavy atom. The molecule has 1 atom stereocenters. The van der Waals surface area contributed by atoms with E-state index in [-0.39, 0.29) is 10.8 Å². The molecule has 0 radical (unpaired) electrons. The maximum absolute atomic E-state index is 2.50. The van der Waals surface area contributed by atoms with E-state index in [0.29, 0.717) is 0 Å². The molecule has 0 saturated carbocycles. The quantitative estimate of drug-likeness (QED) is 0.154.